The van der Waals surface area contributed by atoms with Crippen molar-refractivity contribution in [1.29, 1.82) is 0 Å². The summed E-state index contributed by atoms with van der Waals surface area (Å²) in [7, 11) is 0. The van der Waals surface area contributed by atoms with Gasteiger partial charge < -0.3 is 11.5 Å². The lowest BCUT2D eigenvalue weighted by Crippen LogP contribution is -2.37. The van der Waals surface area contributed by atoms with E-state index in [2.05, 4.69) is 9.97 Å². The molecule has 0 fully saturated rings. The third kappa shape index (κ3) is 2.43. The summed E-state index contributed by atoms with van der Waals surface area (Å²) in [5, 5.41) is 0.269. The minimum atomic E-state index is -4.39. The van der Waals surface area contributed by atoms with Crippen molar-refractivity contribution in [3.05, 3.63) is 24.0 Å². The highest BCUT2D eigenvalue weighted by atomic mass is 32.1. The van der Waals surface area contributed by atoms with Crippen molar-refractivity contribution >= 4 is 22.3 Å². The van der Waals surface area contributed by atoms with Crippen LogP contribution in [0.3, 0.4) is 0 Å². The van der Waals surface area contributed by atoms with Crippen LogP contribution in [0.25, 0.3) is 10.4 Å². The van der Waals surface area contributed by atoms with Gasteiger partial charge in [0.15, 0.2) is 5.13 Å². The van der Waals surface area contributed by atoms with E-state index >= 15 is 0 Å². The molecule has 2 aromatic rings. The first-order valence-electron chi connectivity index (χ1n) is 5.68. The number of alkyl halides is 3. The normalized spacial score (nSPS) is 12.7. The number of thiazole rings is 1. The zero-order chi connectivity index (χ0) is 15.1. The van der Waals surface area contributed by atoms with E-state index in [1.165, 1.54) is 12.3 Å². The summed E-state index contributed by atoms with van der Waals surface area (Å²) in [5.41, 5.74) is 9.64. The Kier molecular flexibility index (Phi) is 3.37. The molecule has 0 amide bonds. The first kappa shape index (κ1) is 14.6. The molecule has 2 rings (SSSR count). The molecule has 0 radical (unpaired) electrons. The van der Waals surface area contributed by atoms with Crippen molar-refractivity contribution in [3.8, 4) is 10.4 Å². The summed E-state index contributed by atoms with van der Waals surface area (Å²) < 4.78 is 39.1. The van der Waals surface area contributed by atoms with Gasteiger partial charge in [0.25, 0.3) is 0 Å². The third-order valence-electron chi connectivity index (χ3n) is 3.04. The molecule has 0 unspecified atom stereocenters. The number of halogens is 3. The van der Waals surface area contributed by atoms with Gasteiger partial charge in [-0.05, 0) is 31.5 Å². The Morgan fingerprint density at radius 1 is 1.20 bits per heavy atom. The van der Waals surface area contributed by atoms with Gasteiger partial charge in [-0.1, -0.05) is 11.3 Å². The van der Waals surface area contributed by atoms with Gasteiger partial charge in [-0.3, -0.25) is 4.98 Å². The molecule has 20 heavy (non-hydrogen) atoms. The van der Waals surface area contributed by atoms with Gasteiger partial charge in [-0.25, -0.2) is 4.98 Å². The van der Waals surface area contributed by atoms with Gasteiger partial charge in [0.1, 0.15) is 11.2 Å². The van der Waals surface area contributed by atoms with Crippen LogP contribution in [-0.2, 0) is 5.41 Å². The molecule has 0 aliphatic carbocycles. The van der Waals surface area contributed by atoms with Crippen LogP contribution in [0.4, 0.5) is 24.1 Å². The van der Waals surface area contributed by atoms with E-state index in [9.17, 15) is 13.2 Å². The summed E-state index contributed by atoms with van der Waals surface area (Å²) in [6, 6.07) is 2.95. The molecule has 0 saturated carbocycles. The number of hydrogen-bond acceptors (Lipinski definition) is 5. The van der Waals surface area contributed by atoms with Gasteiger partial charge in [-0.15, -0.1) is 0 Å². The number of nitrogens with zero attached hydrogens (tertiary/aromatic N) is 2. The van der Waals surface area contributed by atoms with Gasteiger partial charge >= 0.3 is 6.18 Å². The first-order valence-corrected chi connectivity index (χ1v) is 6.50. The average molecular weight is 302 g/mol. The maximum absolute atomic E-state index is 13.0. The smallest absolute Gasteiger partial charge is 0.382 e. The molecule has 0 spiro atoms. The summed E-state index contributed by atoms with van der Waals surface area (Å²) in [5.74, 6) is 0.203. The minimum absolute atomic E-state index is 0.0751. The van der Waals surface area contributed by atoms with Crippen LogP contribution in [0.1, 0.15) is 19.5 Å². The van der Waals surface area contributed by atoms with E-state index in [4.69, 9.17) is 11.5 Å². The number of nitrogens with two attached hydrogens (primary N) is 2. The molecule has 0 aliphatic heterocycles. The Labute approximate surface area is 117 Å². The van der Waals surface area contributed by atoms with Crippen LogP contribution < -0.4 is 11.5 Å². The Balaban J connectivity index is 2.51. The zero-order valence-corrected chi connectivity index (χ0v) is 11.6. The number of aromatic nitrogens is 2. The van der Waals surface area contributed by atoms with Gasteiger partial charge in [0.2, 0.25) is 0 Å². The molecule has 4 N–H and O–H groups in total. The molecular weight excluding hydrogens is 289 g/mol. The van der Waals surface area contributed by atoms with E-state index in [-0.39, 0.29) is 16.6 Å². The van der Waals surface area contributed by atoms with Crippen LogP contribution in [0.2, 0.25) is 0 Å². The highest BCUT2D eigenvalue weighted by molar-refractivity contribution is 7.19. The van der Waals surface area contributed by atoms with Gasteiger partial charge in [-0.2, -0.15) is 13.2 Å². The number of nitrogen functional groups attached to an aromatic ring is 2. The van der Waals surface area contributed by atoms with E-state index in [1.807, 2.05) is 0 Å². The molecule has 0 bridgehead atoms. The highest BCUT2D eigenvalue weighted by Gasteiger charge is 2.49. The predicted octanol–water partition coefficient (Wildman–Crippen LogP) is 3.21. The van der Waals surface area contributed by atoms with Crippen LogP contribution in [0.5, 0.6) is 0 Å². The zero-order valence-electron chi connectivity index (χ0n) is 10.8. The molecule has 2 heterocycles. The summed E-state index contributed by atoms with van der Waals surface area (Å²) in [6.45, 7) is 2.17. The van der Waals surface area contributed by atoms with E-state index in [0.717, 1.165) is 25.2 Å². The standard InChI is InChI=1S/C12H13F3N4S/c1-11(2,12(13,14)15)7-5-6(3-4-18-7)8-9(16)19-10(17)20-8/h3-5H,16H2,1-2H3,(H2,17,19). The lowest BCUT2D eigenvalue weighted by atomic mass is 9.87. The molecular formula is C12H13F3N4S. The fourth-order valence-electron chi connectivity index (χ4n) is 1.61. The molecule has 8 heteroatoms. The second-order valence-electron chi connectivity index (χ2n) is 4.82. The Morgan fingerprint density at radius 3 is 2.35 bits per heavy atom. The maximum Gasteiger partial charge on any atom is 0.399 e. The van der Waals surface area contributed by atoms with E-state index in [1.54, 1.807) is 6.07 Å². The molecule has 4 nitrogen and oxygen atoms in total. The minimum Gasteiger partial charge on any atom is -0.382 e. The molecule has 0 atom stereocenters. The highest BCUT2D eigenvalue weighted by Crippen LogP contribution is 2.41. The van der Waals surface area contributed by atoms with Crippen molar-refractivity contribution in [2.75, 3.05) is 11.5 Å². The monoisotopic (exact) mass is 302 g/mol. The lowest BCUT2D eigenvalue weighted by molar-refractivity contribution is -0.181. The van der Waals surface area contributed by atoms with Crippen LogP contribution in [-0.4, -0.2) is 16.1 Å². The summed E-state index contributed by atoms with van der Waals surface area (Å²) in [6.07, 6.45) is -3.07. The Hall–Kier alpha value is -1.83. The second kappa shape index (κ2) is 4.62. The van der Waals surface area contributed by atoms with E-state index < -0.39 is 11.6 Å². The maximum atomic E-state index is 13.0. The van der Waals surface area contributed by atoms with E-state index in [0.29, 0.717) is 10.4 Å². The molecule has 0 aromatic carbocycles. The Morgan fingerprint density at radius 2 is 1.85 bits per heavy atom. The van der Waals surface area contributed by atoms with Gasteiger partial charge in [0, 0.05) is 6.20 Å². The molecule has 0 saturated heterocycles. The first-order chi connectivity index (χ1) is 9.13. The fraction of sp³-hybridized carbons (Fsp3) is 0.333. The van der Waals surface area contributed by atoms with Crippen molar-refractivity contribution in [2.24, 2.45) is 0 Å². The third-order valence-corrected chi connectivity index (χ3v) is 3.99. The van der Waals surface area contributed by atoms with Crippen LogP contribution in [0, 0.1) is 0 Å². The van der Waals surface area contributed by atoms with Gasteiger partial charge in [0.05, 0.1) is 10.6 Å². The van der Waals surface area contributed by atoms with Crippen molar-refractivity contribution in [2.45, 2.75) is 25.4 Å². The molecule has 2 aromatic heterocycles. The largest absolute Gasteiger partial charge is 0.399 e. The number of pyridine rings is 1. The number of rotatable bonds is 2. The SMILES string of the molecule is CC(C)(c1cc(-c2sc(N)nc2N)ccn1)C(F)(F)F. The fourth-order valence-corrected chi connectivity index (χ4v) is 2.36. The average Bonchev–Trinajstić information content (AvgIpc) is 2.67. The van der Waals surface area contributed by atoms with Crippen molar-refractivity contribution < 1.29 is 13.2 Å². The quantitative estimate of drug-likeness (QED) is 0.893. The van der Waals surface area contributed by atoms with Crippen molar-refractivity contribution in [3.63, 3.8) is 0 Å². The molecule has 108 valence electrons. The second-order valence-corrected chi connectivity index (χ2v) is 5.85. The predicted molar refractivity (Wildman–Crippen MR) is 73.3 cm³/mol. The topological polar surface area (TPSA) is 77.8 Å². The number of hydrogen-bond donors (Lipinski definition) is 2. The molecule has 0 aliphatic rings. The van der Waals surface area contributed by atoms with Crippen molar-refractivity contribution in [1.82, 2.24) is 9.97 Å². The summed E-state index contributed by atoms with van der Waals surface area (Å²) >= 11 is 1.13. The number of anilines is 2. The van der Waals surface area contributed by atoms with Crippen LogP contribution in [0.15, 0.2) is 18.3 Å². The van der Waals surface area contributed by atoms with Crippen LogP contribution >= 0.6 is 11.3 Å². The Bertz CT molecular complexity index is 634. The lowest BCUT2D eigenvalue weighted by Gasteiger charge is -2.27. The summed E-state index contributed by atoms with van der Waals surface area (Å²) in [4.78, 5) is 8.24.